The van der Waals surface area contributed by atoms with Crippen LogP contribution in [0.5, 0.6) is 0 Å². The SMILES string of the molecule is CCCCCCC#Cc1ccc(SNc2cccc(-c3csc(NC)n3)c2)cc1. The molecular weight excluding hydrogens is 394 g/mol. The van der Waals surface area contributed by atoms with Crippen molar-refractivity contribution in [1.29, 1.82) is 0 Å². The summed E-state index contributed by atoms with van der Waals surface area (Å²) in [5.41, 5.74) is 4.24. The van der Waals surface area contributed by atoms with Crippen LogP contribution in [0, 0.1) is 11.8 Å². The van der Waals surface area contributed by atoms with Gasteiger partial charge >= 0.3 is 0 Å². The molecule has 0 amide bonds. The third kappa shape index (κ3) is 6.85. The van der Waals surface area contributed by atoms with E-state index < -0.39 is 0 Å². The first-order chi connectivity index (χ1) is 14.3. The molecule has 3 rings (SSSR count). The van der Waals surface area contributed by atoms with Gasteiger partial charge in [0, 0.05) is 40.6 Å². The van der Waals surface area contributed by atoms with Gasteiger partial charge in [-0.05, 0) is 54.8 Å². The van der Waals surface area contributed by atoms with Crippen LogP contribution in [0.2, 0.25) is 0 Å². The molecule has 0 atom stereocenters. The summed E-state index contributed by atoms with van der Waals surface area (Å²) in [5.74, 6) is 6.55. The lowest BCUT2D eigenvalue weighted by atomic mass is 10.1. The number of nitrogens with one attached hydrogen (secondary N) is 2. The van der Waals surface area contributed by atoms with Gasteiger partial charge in [0.1, 0.15) is 0 Å². The summed E-state index contributed by atoms with van der Waals surface area (Å²) >= 11 is 3.22. The maximum Gasteiger partial charge on any atom is 0.182 e. The second kappa shape index (κ2) is 11.5. The second-order valence-corrected chi connectivity index (χ2v) is 8.45. The Morgan fingerprint density at radius 2 is 1.93 bits per heavy atom. The molecular formula is C24H27N3S2. The minimum absolute atomic E-state index is 0.928. The predicted octanol–water partition coefficient (Wildman–Crippen LogP) is 7.29. The Kier molecular flexibility index (Phi) is 8.48. The summed E-state index contributed by atoms with van der Waals surface area (Å²) in [7, 11) is 1.89. The van der Waals surface area contributed by atoms with E-state index in [9.17, 15) is 0 Å². The van der Waals surface area contributed by atoms with Crippen LogP contribution in [0.4, 0.5) is 10.8 Å². The molecule has 0 saturated heterocycles. The van der Waals surface area contributed by atoms with Crippen molar-refractivity contribution in [3.8, 4) is 23.1 Å². The number of unbranched alkanes of at least 4 members (excludes halogenated alkanes) is 4. The highest BCUT2D eigenvalue weighted by Crippen LogP contribution is 2.28. The number of aromatic nitrogens is 1. The topological polar surface area (TPSA) is 37.0 Å². The van der Waals surface area contributed by atoms with Crippen molar-refractivity contribution in [2.75, 3.05) is 17.1 Å². The van der Waals surface area contributed by atoms with Crippen molar-refractivity contribution in [1.82, 2.24) is 4.98 Å². The fourth-order valence-corrected chi connectivity index (χ4v) is 4.11. The Hall–Kier alpha value is -2.42. The van der Waals surface area contributed by atoms with Crippen LogP contribution in [0.25, 0.3) is 11.3 Å². The molecule has 2 N–H and O–H groups in total. The molecule has 2 aromatic carbocycles. The van der Waals surface area contributed by atoms with E-state index in [2.05, 4.69) is 87.7 Å². The predicted molar refractivity (Wildman–Crippen MR) is 129 cm³/mol. The van der Waals surface area contributed by atoms with Crippen LogP contribution < -0.4 is 10.0 Å². The Labute approximate surface area is 182 Å². The first-order valence-electron chi connectivity index (χ1n) is 10.0. The van der Waals surface area contributed by atoms with Crippen molar-refractivity contribution in [2.24, 2.45) is 0 Å². The maximum absolute atomic E-state index is 4.57. The van der Waals surface area contributed by atoms with Crippen LogP contribution in [0.3, 0.4) is 0 Å². The standard InChI is InChI=1S/C24H27N3S2/c1-3-4-5-6-7-8-10-19-13-15-22(16-14-19)29-27-21-12-9-11-20(17-21)23-18-28-24(25-2)26-23/h9,11-18,27H,3-7H2,1-2H3,(H,25,26). The first-order valence-corrected chi connectivity index (χ1v) is 11.7. The molecule has 0 saturated carbocycles. The van der Waals surface area contributed by atoms with Crippen LogP contribution in [0.1, 0.15) is 44.6 Å². The lowest BCUT2D eigenvalue weighted by Crippen LogP contribution is -1.89. The molecule has 29 heavy (non-hydrogen) atoms. The minimum Gasteiger partial charge on any atom is -0.365 e. The van der Waals surface area contributed by atoms with E-state index in [1.165, 1.54) is 25.7 Å². The third-order valence-electron chi connectivity index (χ3n) is 4.41. The van der Waals surface area contributed by atoms with E-state index in [1.54, 1.807) is 23.3 Å². The van der Waals surface area contributed by atoms with E-state index in [4.69, 9.17) is 0 Å². The van der Waals surface area contributed by atoms with Crippen molar-refractivity contribution in [3.63, 3.8) is 0 Å². The van der Waals surface area contributed by atoms with Gasteiger partial charge < -0.3 is 10.0 Å². The zero-order valence-corrected chi connectivity index (χ0v) is 18.6. The number of rotatable bonds is 9. The summed E-state index contributed by atoms with van der Waals surface area (Å²) in [4.78, 5) is 5.74. The van der Waals surface area contributed by atoms with Crippen LogP contribution >= 0.6 is 23.3 Å². The van der Waals surface area contributed by atoms with Crippen LogP contribution in [-0.4, -0.2) is 12.0 Å². The van der Waals surface area contributed by atoms with E-state index >= 15 is 0 Å². The molecule has 0 bridgehead atoms. The Bertz CT molecular complexity index is 952. The molecule has 0 unspecified atom stereocenters. The van der Waals surface area contributed by atoms with Gasteiger partial charge in [0.2, 0.25) is 0 Å². The maximum atomic E-state index is 4.57. The van der Waals surface area contributed by atoms with Crippen molar-refractivity contribution >= 4 is 34.1 Å². The Balaban J connectivity index is 1.52. The number of hydrogen-bond donors (Lipinski definition) is 2. The molecule has 0 spiro atoms. The summed E-state index contributed by atoms with van der Waals surface area (Å²) < 4.78 is 3.42. The molecule has 0 aliphatic carbocycles. The zero-order valence-electron chi connectivity index (χ0n) is 17.0. The largest absolute Gasteiger partial charge is 0.365 e. The zero-order chi connectivity index (χ0) is 20.3. The molecule has 1 aromatic heterocycles. The highest BCUT2D eigenvalue weighted by molar-refractivity contribution is 8.00. The average molecular weight is 422 g/mol. The highest BCUT2D eigenvalue weighted by atomic mass is 32.2. The summed E-state index contributed by atoms with van der Waals surface area (Å²) in [6, 6.07) is 16.7. The first kappa shape index (κ1) is 21.3. The van der Waals surface area contributed by atoms with Gasteiger partial charge in [-0.15, -0.1) is 11.3 Å². The molecule has 0 radical (unpaired) electrons. The number of thiazole rings is 1. The van der Waals surface area contributed by atoms with Gasteiger partial charge in [0.05, 0.1) is 5.69 Å². The highest BCUT2D eigenvalue weighted by Gasteiger charge is 2.04. The number of hydrogen-bond acceptors (Lipinski definition) is 5. The van der Waals surface area contributed by atoms with Crippen molar-refractivity contribution in [2.45, 2.75) is 43.9 Å². The van der Waals surface area contributed by atoms with E-state index in [0.717, 1.165) is 39.0 Å². The molecule has 0 aliphatic rings. The smallest absolute Gasteiger partial charge is 0.182 e. The van der Waals surface area contributed by atoms with Gasteiger partial charge in [0.15, 0.2) is 5.13 Å². The summed E-state index contributed by atoms with van der Waals surface area (Å²) in [6.45, 7) is 2.23. The van der Waals surface area contributed by atoms with E-state index in [-0.39, 0.29) is 0 Å². The van der Waals surface area contributed by atoms with Gasteiger partial charge in [-0.1, -0.05) is 50.2 Å². The van der Waals surface area contributed by atoms with Gasteiger partial charge in [-0.3, -0.25) is 0 Å². The van der Waals surface area contributed by atoms with E-state index in [1.807, 2.05) is 7.05 Å². The fourth-order valence-electron chi connectivity index (χ4n) is 2.79. The number of nitrogens with zero attached hydrogens (tertiary/aromatic N) is 1. The Morgan fingerprint density at radius 1 is 1.07 bits per heavy atom. The lowest BCUT2D eigenvalue weighted by Gasteiger charge is -2.07. The minimum atomic E-state index is 0.928. The average Bonchev–Trinajstić information content (AvgIpc) is 3.25. The van der Waals surface area contributed by atoms with Gasteiger partial charge in [-0.2, -0.15) is 0 Å². The van der Waals surface area contributed by atoms with Crippen molar-refractivity contribution < 1.29 is 0 Å². The number of benzene rings is 2. The molecule has 3 aromatic rings. The van der Waals surface area contributed by atoms with Gasteiger partial charge in [0.25, 0.3) is 0 Å². The third-order valence-corrected chi connectivity index (χ3v) is 6.11. The molecule has 0 aliphatic heterocycles. The normalized spacial score (nSPS) is 10.3. The fraction of sp³-hybridized carbons (Fsp3) is 0.292. The summed E-state index contributed by atoms with van der Waals surface area (Å²) in [6.07, 6.45) is 6.06. The van der Waals surface area contributed by atoms with Crippen molar-refractivity contribution in [3.05, 3.63) is 59.5 Å². The molecule has 3 nitrogen and oxygen atoms in total. The molecule has 1 heterocycles. The number of anilines is 2. The van der Waals surface area contributed by atoms with E-state index in [0.29, 0.717) is 0 Å². The van der Waals surface area contributed by atoms with Crippen LogP contribution in [-0.2, 0) is 0 Å². The molecule has 150 valence electrons. The molecule has 5 heteroatoms. The second-order valence-electron chi connectivity index (χ2n) is 6.71. The molecule has 0 fully saturated rings. The summed E-state index contributed by atoms with van der Waals surface area (Å²) in [5, 5.41) is 6.08. The van der Waals surface area contributed by atoms with Gasteiger partial charge in [-0.25, -0.2) is 4.98 Å². The monoisotopic (exact) mass is 421 g/mol. The lowest BCUT2D eigenvalue weighted by molar-refractivity contribution is 0.679. The van der Waals surface area contributed by atoms with Crippen LogP contribution in [0.15, 0.2) is 58.8 Å². The quantitative estimate of drug-likeness (QED) is 0.216. The Morgan fingerprint density at radius 3 is 2.69 bits per heavy atom.